The highest BCUT2D eigenvalue weighted by molar-refractivity contribution is 7.86. The Kier molecular flexibility index (Phi) is 3.88. The molecule has 1 aromatic carbocycles. The molecule has 1 rings (SSSR count). The minimum Gasteiger partial charge on any atom is -0.263 e. The van der Waals surface area contributed by atoms with Gasteiger partial charge < -0.3 is 0 Å². The van der Waals surface area contributed by atoms with Gasteiger partial charge in [0.2, 0.25) is 0 Å². The van der Waals surface area contributed by atoms with Crippen LogP contribution in [-0.2, 0) is 14.3 Å². The first-order valence-electron chi connectivity index (χ1n) is 4.95. The summed E-state index contributed by atoms with van der Waals surface area (Å²) >= 11 is 0. The van der Waals surface area contributed by atoms with Crippen molar-refractivity contribution in [2.75, 3.05) is 0 Å². The summed E-state index contributed by atoms with van der Waals surface area (Å²) in [5.41, 5.74) is 1.03. The van der Waals surface area contributed by atoms with Gasteiger partial charge in [-0.1, -0.05) is 24.6 Å². The summed E-state index contributed by atoms with van der Waals surface area (Å²) in [5, 5.41) is 0. The van der Waals surface area contributed by atoms with Crippen LogP contribution in [0.4, 0.5) is 0 Å². The Balaban J connectivity index is 2.91. The van der Waals surface area contributed by atoms with Gasteiger partial charge in [0.1, 0.15) is 0 Å². The van der Waals surface area contributed by atoms with Crippen molar-refractivity contribution in [2.24, 2.45) is 0 Å². The molecule has 3 nitrogen and oxygen atoms in total. The van der Waals surface area contributed by atoms with Gasteiger partial charge in [0.25, 0.3) is 10.1 Å². The predicted molar refractivity (Wildman–Crippen MR) is 59.2 cm³/mol. The Morgan fingerprint density at radius 1 is 1.40 bits per heavy atom. The molecular formula is C11H16O3S. The molecule has 0 saturated heterocycles. The Morgan fingerprint density at radius 3 is 2.40 bits per heavy atom. The molecule has 4 heteroatoms. The quantitative estimate of drug-likeness (QED) is 0.591. The predicted octanol–water partition coefficient (Wildman–Crippen LogP) is 2.50. The van der Waals surface area contributed by atoms with Crippen molar-refractivity contribution in [1.82, 2.24) is 0 Å². The second-order valence-corrected chi connectivity index (χ2v) is 5.15. The highest BCUT2D eigenvalue weighted by Crippen LogP contribution is 2.15. The lowest BCUT2D eigenvalue weighted by atomic mass is 10.2. The lowest BCUT2D eigenvalue weighted by Gasteiger charge is -2.10. The summed E-state index contributed by atoms with van der Waals surface area (Å²) in [6.07, 6.45) is 0.391. The molecule has 0 aliphatic heterocycles. The van der Waals surface area contributed by atoms with Gasteiger partial charge in [0, 0.05) is 0 Å². The van der Waals surface area contributed by atoms with Crippen LogP contribution in [0.2, 0.25) is 0 Å². The van der Waals surface area contributed by atoms with Gasteiger partial charge in [-0.25, -0.2) is 0 Å². The average molecular weight is 232 g/mol. The summed E-state index contributed by atoms with van der Waals surface area (Å²) in [5.74, 6) is 0. The number of aryl methyl sites for hydroxylation is 1. The van der Waals surface area contributed by atoms with Crippen molar-refractivity contribution in [3.05, 3.63) is 29.8 Å². The van der Waals surface area contributed by atoms with Gasteiger partial charge in [-0.05, 0) is 32.4 Å². The molecular weight excluding hydrogens is 216 g/mol. The third-order valence-electron chi connectivity index (χ3n) is 2.18. The lowest BCUT2D eigenvalue weighted by molar-refractivity contribution is 0.224. The maximum atomic E-state index is 11.7. The van der Waals surface area contributed by atoms with E-state index in [9.17, 15) is 8.42 Å². The molecule has 0 aliphatic rings. The fraction of sp³-hybridized carbons (Fsp3) is 0.455. The molecule has 84 valence electrons. The minimum absolute atomic E-state index is 0.216. The van der Waals surface area contributed by atoms with Gasteiger partial charge >= 0.3 is 0 Å². The van der Waals surface area contributed by atoms with E-state index in [1.807, 2.05) is 13.8 Å². The maximum Gasteiger partial charge on any atom is 0.297 e. The molecule has 0 aromatic heterocycles. The number of rotatable bonds is 4. The summed E-state index contributed by atoms with van der Waals surface area (Å²) in [6, 6.07) is 6.64. The van der Waals surface area contributed by atoms with E-state index >= 15 is 0 Å². The number of hydrogen-bond acceptors (Lipinski definition) is 3. The normalized spacial score (nSPS) is 17.0. The Morgan fingerprint density at radius 2 is 1.93 bits per heavy atom. The topological polar surface area (TPSA) is 43.4 Å². The Labute approximate surface area is 91.2 Å². The first-order chi connectivity index (χ1) is 6.95. The molecule has 0 spiro atoms. The van der Waals surface area contributed by atoms with Crippen LogP contribution < -0.4 is 0 Å². The van der Waals surface area contributed by atoms with Crippen molar-refractivity contribution in [2.45, 2.75) is 38.2 Å². The molecule has 15 heavy (non-hydrogen) atoms. The van der Waals surface area contributed by atoms with Gasteiger partial charge in [0.05, 0.1) is 11.0 Å². The summed E-state index contributed by atoms with van der Waals surface area (Å²) in [7, 11) is -3.59. The van der Waals surface area contributed by atoms with Crippen LogP contribution in [0.15, 0.2) is 29.2 Å². The molecule has 0 N–H and O–H groups in total. The van der Waals surface area contributed by atoms with Crippen LogP contribution >= 0.6 is 0 Å². The van der Waals surface area contributed by atoms with Crippen molar-refractivity contribution < 1.29 is 12.6 Å². The SMILES string of the molecule is CCC(C)[18O]S(=O)(=[18O])c1ccc(C)cc1. The highest BCUT2D eigenvalue weighted by atomic mass is 32.3. The number of hydrogen-bond donors (Lipinski definition) is 0. The van der Waals surface area contributed by atoms with E-state index in [4.69, 9.17) is 4.18 Å². The zero-order valence-corrected chi connectivity index (χ0v) is 10.0. The maximum absolute atomic E-state index is 11.7. The van der Waals surface area contributed by atoms with Crippen molar-refractivity contribution in [3.8, 4) is 0 Å². The molecule has 1 aromatic rings. The number of benzene rings is 1. The van der Waals surface area contributed by atoms with Crippen LogP contribution in [0.5, 0.6) is 0 Å². The standard InChI is InChI=1S/C11H16O3S/c1-4-10(3)14-15(12,13)11-7-5-9(2)6-8-11/h5-8,10H,4H2,1-3H3/i12+2,14+2. The van der Waals surface area contributed by atoms with Crippen molar-refractivity contribution >= 4 is 10.1 Å². The van der Waals surface area contributed by atoms with E-state index in [2.05, 4.69) is 0 Å². The zero-order chi connectivity index (χ0) is 11.5. The molecule has 0 heterocycles. The summed E-state index contributed by atoms with van der Waals surface area (Å²) < 4.78 is 28.4. The van der Waals surface area contributed by atoms with Crippen LogP contribution in [0, 0.1) is 6.92 Å². The third kappa shape index (κ3) is 3.32. The molecule has 2 atom stereocenters. The second-order valence-electron chi connectivity index (χ2n) is 3.58. The van der Waals surface area contributed by atoms with Crippen LogP contribution in [-0.4, -0.2) is 14.5 Å². The van der Waals surface area contributed by atoms with Gasteiger partial charge in [-0.3, -0.25) is 4.18 Å². The lowest BCUT2D eigenvalue weighted by Crippen LogP contribution is -2.14. The summed E-state index contributed by atoms with van der Waals surface area (Å²) in [6.45, 7) is 5.53. The molecule has 0 aliphatic carbocycles. The van der Waals surface area contributed by atoms with Crippen LogP contribution in [0.1, 0.15) is 25.8 Å². The Hall–Kier alpha value is -0.870. The first-order valence-corrected chi connectivity index (χ1v) is 6.36. The minimum atomic E-state index is -3.59. The van der Waals surface area contributed by atoms with Gasteiger partial charge in [0.15, 0.2) is 0 Å². The van der Waals surface area contributed by atoms with Gasteiger partial charge in [-0.2, -0.15) is 8.42 Å². The van der Waals surface area contributed by atoms with Crippen molar-refractivity contribution in [3.63, 3.8) is 0 Å². The van der Waals surface area contributed by atoms with E-state index in [0.717, 1.165) is 5.56 Å². The van der Waals surface area contributed by atoms with Crippen LogP contribution in [0.25, 0.3) is 0 Å². The first kappa shape index (κ1) is 12.2. The van der Waals surface area contributed by atoms with E-state index in [1.165, 1.54) is 0 Å². The monoisotopic (exact) mass is 232 g/mol. The molecule has 0 amide bonds. The fourth-order valence-electron chi connectivity index (χ4n) is 1.04. The fourth-order valence-corrected chi connectivity index (χ4v) is 2.19. The average Bonchev–Trinajstić information content (AvgIpc) is 2.17. The molecule has 0 radical (unpaired) electrons. The zero-order valence-electron chi connectivity index (χ0n) is 9.23. The second kappa shape index (κ2) is 4.77. The Bertz CT molecular complexity index is 406. The molecule has 2 unspecified atom stereocenters. The van der Waals surface area contributed by atoms with E-state index in [-0.39, 0.29) is 11.0 Å². The van der Waals surface area contributed by atoms with E-state index in [1.54, 1.807) is 31.2 Å². The molecule has 0 bridgehead atoms. The third-order valence-corrected chi connectivity index (χ3v) is 3.61. The summed E-state index contributed by atoms with van der Waals surface area (Å²) in [4.78, 5) is 0.216. The largest absolute Gasteiger partial charge is 0.297 e. The van der Waals surface area contributed by atoms with Crippen molar-refractivity contribution in [1.29, 1.82) is 0 Å². The van der Waals surface area contributed by atoms with Crippen LogP contribution in [0.3, 0.4) is 0 Å². The smallest absolute Gasteiger partial charge is 0.263 e. The van der Waals surface area contributed by atoms with E-state index in [0.29, 0.717) is 6.42 Å². The highest BCUT2D eigenvalue weighted by Gasteiger charge is 2.17. The van der Waals surface area contributed by atoms with E-state index < -0.39 is 10.1 Å². The van der Waals surface area contributed by atoms with Gasteiger partial charge in [-0.15, -0.1) is 0 Å². The molecule has 0 fully saturated rings. The molecule has 0 saturated carbocycles.